The molecule has 3 nitrogen and oxygen atoms in total. The van der Waals surface area contributed by atoms with E-state index in [1.54, 1.807) is 0 Å². The molecule has 0 heterocycles. The van der Waals surface area contributed by atoms with Crippen molar-refractivity contribution in [3.8, 4) is 0 Å². The molecule has 0 radical (unpaired) electrons. The van der Waals surface area contributed by atoms with Crippen molar-refractivity contribution in [2.24, 2.45) is 0 Å². The number of quaternary nitrogens is 1. The fourth-order valence-corrected chi connectivity index (χ4v) is 0. The van der Waals surface area contributed by atoms with Gasteiger partial charge in [-0.25, -0.2) is 8.42 Å². The molecule has 11 heavy (non-hydrogen) atoms. The first-order chi connectivity index (χ1) is 4.56. The van der Waals surface area contributed by atoms with Crippen molar-refractivity contribution in [1.82, 2.24) is 0 Å². The monoisotopic (exact) mass is 200 g/mol. The molecule has 0 aromatic rings. The van der Waals surface area contributed by atoms with Gasteiger partial charge in [0.1, 0.15) is 0 Å². The summed E-state index contributed by atoms with van der Waals surface area (Å²) in [6.45, 7) is 3.39. The van der Waals surface area contributed by atoms with Gasteiger partial charge in [0.15, 0.2) is 8.87 Å². The van der Waals surface area contributed by atoms with Gasteiger partial charge in [0.25, 0.3) is 0 Å². The Morgan fingerprint density at radius 1 is 1.27 bits per heavy atom. The predicted octanol–water partition coefficient (Wildman–Crippen LogP) is 0.588. The summed E-state index contributed by atoms with van der Waals surface area (Å²) in [4.78, 5) is 0. The first-order valence-corrected chi connectivity index (χ1v) is 6.23. The Labute approximate surface area is 74.7 Å². The fourth-order valence-electron chi connectivity index (χ4n) is 0. The van der Waals surface area contributed by atoms with E-state index in [1.165, 1.54) is 6.54 Å². The van der Waals surface area contributed by atoms with Crippen LogP contribution in [0.5, 0.6) is 0 Å². The number of thiol groups is 1. The highest BCUT2D eigenvalue weighted by Gasteiger charge is 1.97. The Morgan fingerprint density at radius 2 is 1.36 bits per heavy atom. The molecule has 0 saturated carbocycles. The van der Waals surface area contributed by atoms with Crippen LogP contribution in [0, 0.1) is 0 Å². The van der Waals surface area contributed by atoms with Crippen molar-refractivity contribution in [3.05, 3.63) is 0 Å². The molecule has 0 aliphatic heterocycles. The quantitative estimate of drug-likeness (QED) is 0.382. The van der Waals surface area contributed by atoms with Gasteiger partial charge in [-0.1, -0.05) is 0 Å². The lowest BCUT2D eigenvalue weighted by Gasteiger charge is -2.20. The normalized spacial score (nSPS) is 11.8. The zero-order chi connectivity index (χ0) is 9.71. The van der Waals surface area contributed by atoms with Crippen LogP contribution in [0.2, 0.25) is 0 Å². The second kappa shape index (κ2) is 5.00. The molecule has 0 bridgehead atoms. The average molecular weight is 200 g/mol. The smallest absolute Gasteiger partial charge is 0.195 e. The Morgan fingerprint density at radius 3 is 1.36 bits per heavy atom. The van der Waals surface area contributed by atoms with Gasteiger partial charge in [-0.2, -0.15) is 0 Å². The zero-order valence-electron chi connectivity index (χ0n) is 7.83. The van der Waals surface area contributed by atoms with Crippen molar-refractivity contribution >= 4 is 20.5 Å². The minimum absolute atomic E-state index is 1.02. The molecular weight excluding hydrogens is 182 g/mol. The molecule has 0 rings (SSSR count). The van der Waals surface area contributed by atoms with E-state index < -0.39 is 8.87 Å². The summed E-state index contributed by atoms with van der Waals surface area (Å²) in [5.41, 5.74) is 0. The van der Waals surface area contributed by atoms with E-state index in [-0.39, 0.29) is 0 Å². The van der Waals surface area contributed by atoms with Gasteiger partial charge in [-0.05, 0) is 18.6 Å². The van der Waals surface area contributed by atoms with Crippen LogP contribution in [0.25, 0.3) is 0 Å². The topological polar surface area (TPSA) is 34.1 Å². The first-order valence-electron chi connectivity index (χ1n) is 3.29. The highest BCUT2D eigenvalue weighted by molar-refractivity contribution is 8.63. The molecule has 0 amide bonds. The Hall–Kier alpha value is 0.260. The SMILES string of the molecule is CC[N+](C)(C)C.CS(=O)(=O)S. The highest BCUT2D eigenvalue weighted by Crippen LogP contribution is 1.83. The minimum Gasteiger partial charge on any atom is -0.331 e. The van der Waals surface area contributed by atoms with Crippen LogP contribution in [-0.2, 0) is 8.87 Å². The molecule has 0 aromatic carbocycles. The average Bonchev–Trinajstić information content (AvgIpc) is 1.59. The van der Waals surface area contributed by atoms with Crippen LogP contribution in [0.1, 0.15) is 6.92 Å². The lowest BCUT2D eigenvalue weighted by atomic mass is 10.6. The largest absolute Gasteiger partial charge is 0.331 e. The molecule has 0 aromatic heterocycles. The molecule has 0 N–H and O–H groups in total. The van der Waals surface area contributed by atoms with E-state index in [0.717, 1.165) is 10.7 Å². The van der Waals surface area contributed by atoms with E-state index in [4.69, 9.17) is 0 Å². The molecule has 0 aliphatic carbocycles. The summed E-state index contributed by atoms with van der Waals surface area (Å²) < 4.78 is 20.1. The minimum atomic E-state index is -2.97. The number of rotatable bonds is 1. The van der Waals surface area contributed by atoms with E-state index in [9.17, 15) is 8.42 Å². The summed E-state index contributed by atoms with van der Waals surface area (Å²) >= 11 is 3.09. The second-order valence-corrected chi connectivity index (χ2v) is 6.80. The molecule has 0 atom stereocenters. The zero-order valence-corrected chi connectivity index (χ0v) is 9.54. The van der Waals surface area contributed by atoms with Gasteiger partial charge in [-0.3, -0.25) is 0 Å². The van der Waals surface area contributed by atoms with E-state index in [1.807, 2.05) is 0 Å². The van der Waals surface area contributed by atoms with Crippen LogP contribution >= 0.6 is 11.7 Å². The van der Waals surface area contributed by atoms with Crippen LogP contribution in [0.4, 0.5) is 0 Å². The Balaban J connectivity index is 0. The van der Waals surface area contributed by atoms with Crippen molar-refractivity contribution in [2.45, 2.75) is 6.92 Å². The van der Waals surface area contributed by atoms with Crippen LogP contribution in [-0.4, -0.2) is 46.8 Å². The van der Waals surface area contributed by atoms with Gasteiger partial charge < -0.3 is 4.48 Å². The Kier molecular flexibility index (Phi) is 6.29. The van der Waals surface area contributed by atoms with Gasteiger partial charge in [0.05, 0.1) is 27.7 Å². The van der Waals surface area contributed by atoms with Gasteiger partial charge >= 0.3 is 0 Å². The van der Waals surface area contributed by atoms with Crippen molar-refractivity contribution < 1.29 is 12.9 Å². The summed E-state index contributed by atoms with van der Waals surface area (Å²) in [6, 6.07) is 0. The van der Waals surface area contributed by atoms with Gasteiger partial charge in [-0.15, -0.1) is 0 Å². The third kappa shape index (κ3) is 65.9. The maximum Gasteiger partial charge on any atom is 0.195 e. The molecule has 0 saturated heterocycles. The van der Waals surface area contributed by atoms with Gasteiger partial charge in [0, 0.05) is 6.26 Å². The third-order valence-corrected chi connectivity index (χ3v) is 0.949. The number of hydrogen-bond acceptors (Lipinski definition) is 2. The summed E-state index contributed by atoms with van der Waals surface area (Å²) in [5.74, 6) is 0. The van der Waals surface area contributed by atoms with Gasteiger partial charge in [0.2, 0.25) is 0 Å². The maximum atomic E-state index is 9.50. The lowest BCUT2D eigenvalue weighted by Crippen LogP contribution is -2.33. The summed E-state index contributed by atoms with van der Waals surface area (Å²) in [6.07, 6.45) is 1.02. The van der Waals surface area contributed by atoms with Crippen molar-refractivity contribution in [1.29, 1.82) is 0 Å². The molecule has 5 heteroatoms. The molecule has 0 aliphatic rings. The molecule has 0 unspecified atom stereocenters. The third-order valence-electron chi connectivity index (χ3n) is 0.949. The summed E-state index contributed by atoms with van der Waals surface area (Å²) in [5, 5.41) is 0. The fraction of sp³-hybridized carbons (Fsp3) is 1.00. The van der Waals surface area contributed by atoms with Crippen molar-refractivity contribution in [3.63, 3.8) is 0 Å². The molecular formula is C6H18NO2S2+. The van der Waals surface area contributed by atoms with E-state index in [0.29, 0.717) is 0 Å². The first kappa shape index (κ1) is 13.8. The standard InChI is InChI=1S/C5H14N.CH4O2S2/c1-5-6(2,3)4;1-5(2,3)4/h5H2,1-4H3;1H3,(H,2,3,4)/q+1;. The maximum absolute atomic E-state index is 9.50. The Bertz CT molecular complexity index is 171. The molecule has 0 spiro atoms. The van der Waals surface area contributed by atoms with Crippen LogP contribution in [0.3, 0.4) is 0 Å². The number of hydrogen-bond donors (Lipinski definition) is 1. The van der Waals surface area contributed by atoms with E-state index in [2.05, 4.69) is 39.7 Å². The highest BCUT2D eigenvalue weighted by atomic mass is 33.1. The van der Waals surface area contributed by atoms with Crippen molar-refractivity contribution in [2.75, 3.05) is 33.9 Å². The molecule has 0 fully saturated rings. The van der Waals surface area contributed by atoms with E-state index >= 15 is 0 Å². The second-order valence-electron chi connectivity index (χ2n) is 3.34. The predicted molar refractivity (Wildman–Crippen MR) is 52.4 cm³/mol. The lowest BCUT2D eigenvalue weighted by molar-refractivity contribution is -0.868. The number of nitrogens with zero attached hydrogens (tertiary/aromatic N) is 1. The molecule has 70 valence electrons. The van der Waals surface area contributed by atoms with Crippen LogP contribution < -0.4 is 0 Å². The van der Waals surface area contributed by atoms with Crippen LogP contribution in [0.15, 0.2) is 0 Å². The summed E-state index contributed by atoms with van der Waals surface area (Å²) in [7, 11) is 3.57.